The fourth-order valence-electron chi connectivity index (χ4n) is 5.30. The Balaban J connectivity index is 1.41. The number of carbonyl (C=O) groups is 1. The molecular weight excluding hydrogens is 526 g/mol. The van der Waals surface area contributed by atoms with E-state index in [1.165, 1.54) is 16.6 Å². The van der Waals surface area contributed by atoms with E-state index in [2.05, 4.69) is 48.4 Å². The quantitative estimate of drug-likeness (QED) is 0.260. The van der Waals surface area contributed by atoms with E-state index in [1.807, 2.05) is 44.4 Å². The van der Waals surface area contributed by atoms with E-state index >= 15 is 0 Å². The van der Waals surface area contributed by atoms with E-state index in [4.69, 9.17) is 4.74 Å². The number of ether oxygens (including phenoxy) is 1. The second-order valence-corrected chi connectivity index (χ2v) is 13.2. The molecule has 0 spiro atoms. The van der Waals surface area contributed by atoms with E-state index in [1.54, 1.807) is 11.3 Å². The topological polar surface area (TPSA) is 92.8 Å². The van der Waals surface area contributed by atoms with Gasteiger partial charge < -0.3 is 14.6 Å². The van der Waals surface area contributed by atoms with Gasteiger partial charge in [0.05, 0.1) is 11.3 Å². The summed E-state index contributed by atoms with van der Waals surface area (Å²) < 4.78 is 8.17. The molecule has 1 N–H and O–H groups in total. The third kappa shape index (κ3) is 6.50. The summed E-state index contributed by atoms with van der Waals surface area (Å²) in [7, 11) is 0. The number of nitriles is 1. The molecule has 208 valence electrons. The molecule has 1 amide bonds. The van der Waals surface area contributed by atoms with Crippen LogP contribution in [0.2, 0.25) is 0 Å². The molecule has 0 aliphatic heterocycles. The zero-order valence-electron chi connectivity index (χ0n) is 24.1. The average molecular weight is 566 g/mol. The first-order chi connectivity index (χ1) is 18.6. The first-order valence-electron chi connectivity index (χ1n) is 13.7. The lowest BCUT2D eigenvalue weighted by molar-refractivity contribution is -0.113. The number of rotatable bonds is 10. The molecule has 1 aromatic carbocycles. The summed E-state index contributed by atoms with van der Waals surface area (Å²) in [5.41, 5.74) is 4.32. The van der Waals surface area contributed by atoms with Crippen molar-refractivity contribution in [3.05, 3.63) is 51.2 Å². The zero-order valence-corrected chi connectivity index (χ0v) is 25.7. The second kappa shape index (κ2) is 12.1. The van der Waals surface area contributed by atoms with Crippen LogP contribution in [0, 0.1) is 36.5 Å². The van der Waals surface area contributed by atoms with Crippen molar-refractivity contribution in [2.45, 2.75) is 92.0 Å². The molecule has 1 aliphatic carbocycles. The normalized spacial score (nSPS) is 15.9. The highest BCUT2D eigenvalue weighted by Gasteiger charge is 2.34. The predicted octanol–water partition coefficient (Wildman–Crippen LogP) is 7.26. The molecule has 2 heterocycles. The van der Waals surface area contributed by atoms with Crippen LogP contribution in [0.1, 0.15) is 86.5 Å². The van der Waals surface area contributed by atoms with Crippen LogP contribution >= 0.6 is 23.1 Å². The van der Waals surface area contributed by atoms with Gasteiger partial charge in [0.2, 0.25) is 5.91 Å². The molecule has 1 aliphatic rings. The number of nitrogens with one attached hydrogen (secondary N) is 1. The van der Waals surface area contributed by atoms with Gasteiger partial charge >= 0.3 is 0 Å². The van der Waals surface area contributed by atoms with Crippen molar-refractivity contribution < 1.29 is 9.53 Å². The maximum atomic E-state index is 13.0. The number of fused-ring (bicyclic) bond motifs is 1. The van der Waals surface area contributed by atoms with Crippen molar-refractivity contribution in [1.82, 2.24) is 14.8 Å². The number of amides is 1. The van der Waals surface area contributed by atoms with Crippen LogP contribution in [-0.4, -0.2) is 26.4 Å². The molecule has 2 atom stereocenters. The highest BCUT2D eigenvalue weighted by molar-refractivity contribution is 7.99. The highest BCUT2D eigenvalue weighted by Crippen LogP contribution is 2.45. The molecule has 39 heavy (non-hydrogen) atoms. The Kier molecular flexibility index (Phi) is 9.07. The second-order valence-electron chi connectivity index (χ2n) is 11.1. The number of aryl methyl sites for hydroxylation is 2. The lowest BCUT2D eigenvalue weighted by Gasteiger charge is -2.36. The SMILES string of the molecule is CCn1c(SCC(=O)Nc2sc3c(c2C#N)CCC(C(C)(C)CC)C3)nnc1C(C)Oc1cc(C)cc(C)c1. The molecule has 0 fully saturated rings. The van der Waals surface area contributed by atoms with Gasteiger partial charge in [0, 0.05) is 11.4 Å². The standard InChI is InChI=1S/C30H39N5O2S2/c1-8-30(6,7)21-10-11-23-24(16-31)28(39-25(23)15-21)32-26(36)17-38-29-34-33-27(35(29)9-2)20(5)37-22-13-18(3)12-19(4)14-22/h12-14,20-21H,8-11,15,17H2,1-7H3,(H,32,36). The number of hydrogen-bond donors (Lipinski definition) is 1. The number of aromatic nitrogens is 3. The van der Waals surface area contributed by atoms with Crippen LogP contribution < -0.4 is 10.1 Å². The Labute approximate surface area is 240 Å². The molecule has 3 aromatic rings. The van der Waals surface area contributed by atoms with Gasteiger partial charge in [-0.25, -0.2) is 0 Å². The maximum absolute atomic E-state index is 13.0. The Morgan fingerprint density at radius 1 is 1.28 bits per heavy atom. The van der Waals surface area contributed by atoms with Gasteiger partial charge in [0.25, 0.3) is 0 Å². The van der Waals surface area contributed by atoms with E-state index in [0.717, 1.165) is 53.9 Å². The van der Waals surface area contributed by atoms with Crippen molar-refractivity contribution >= 4 is 34.0 Å². The number of carbonyl (C=O) groups excluding carboxylic acids is 1. The lowest BCUT2D eigenvalue weighted by atomic mass is 9.69. The Morgan fingerprint density at radius 2 is 2.00 bits per heavy atom. The number of benzene rings is 1. The molecule has 0 radical (unpaired) electrons. The highest BCUT2D eigenvalue weighted by atomic mass is 32.2. The first kappa shape index (κ1) is 29.2. The summed E-state index contributed by atoms with van der Waals surface area (Å²) in [4.78, 5) is 14.2. The molecule has 9 heteroatoms. The summed E-state index contributed by atoms with van der Waals surface area (Å²) in [6.07, 6.45) is 3.80. The van der Waals surface area contributed by atoms with Crippen molar-refractivity contribution in [2.24, 2.45) is 11.3 Å². The molecule has 2 unspecified atom stereocenters. The van der Waals surface area contributed by atoms with Crippen LogP contribution in [0.4, 0.5) is 5.00 Å². The first-order valence-corrected chi connectivity index (χ1v) is 15.5. The molecule has 4 rings (SSSR count). The number of thioether (sulfide) groups is 1. The van der Waals surface area contributed by atoms with E-state index in [-0.39, 0.29) is 23.2 Å². The number of hydrogen-bond acceptors (Lipinski definition) is 7. The van der Waals surface area contributed by atoms with Gasteiger partial charge in [-0.15, -0.1) is 21.5 Å². The monoisotopic (exact) mass is 565 g/mol. The third-order valence-electron chi connectivity index (χ3n) is 7.91. The van der Waals surface area contributed by atoms with Crippen molar-refractivity contribution in [3.63, 3.8) is 0 Å². The van der Waals surface area contributed by atoms with Crippen molar-refractivity contribution in [1.29, 1.82) is 5.26 Å². The molecule has 0 bridgehead atoms. The molecule has 2 aromatic heterocycles. The van der Waals surface area contributed by atoms with E-state index in [0.29, 0.717) is 28.2 Å². The largest absolute Gasteiger partial charge is 0.483 e. The molecule has 0 saturated heterocycles. The van der Waals surface area contributed by atoms with Gasteiger partial charge in [-0.1, -0.05) is 45.0 Å². The summed E-state index contributed by atoms with van der Waals surface area (Å²) in [5.74, 6) is 2.16. The van der Waals surface area contributed by atoms with Crippen molar-refractivity contribution in [3.8, 4) is 11.8 Å². The Hall–Kier alpha value is -2.83. The minimum atomic E-state index is -0.293. The van der Waals surface area contributed by atoms with Gasteiger partial charge in [-0.3, -0.25) is 4.79 Å². The predicted molar refractivity (Wildman–Crippen MR) is 159 cm³/mol. The summed E-state index contributed by atoms with van der Waals surface area (Å²) in [6.45, 7) is 15.7. The number of nitrogens with zero attached hydrogens (tertiary/aromatic N) is 4. The van der Waals surface area contributed by atoms with Gasteiger partial charge in [-0.2, -0.15) is 5.26 Å². The minimum Gasteiger partial charge on any atom is -0.483 e. The van der Waals surface area contributed by atoms with E-state index < -0.39 is 0 Å². The zero-order chi connectivity index (χ0) is 28.3. The molecule has 0 saturated carbocycles. The Morgan fingerprint density at radius 3 is 2.64 bits per heavy atom. The van der Waals surface area contributed by atoms with Crippen LogP contribution in [0.3, 0.4) is 0 Å². The average Bonchev–Trinajstić information content (AvgIpc) is 3.46. The number of anilines is 1. The molecular formula is C30H39N5O2S2. The van der Waals surface area contributed by atoms with Gasteiger partial charge in [0.1, 0.15) is 16.8 Å². The van der Waals surface area contributed by atoms with Crippen LogP contribution in [0.5, 0.6) is 5.75 Å². The maximum Gasteiger partial charge on any atom is 0.235 e. The fourth-order valence-corrected chi connectivity index (χ4v) is 7.41. The third-order valence-corrected chi connectivity index (χ3v) is 10.0. The summed E-state index contributed by atoms with van der Waals surface area (Å²) >= 11 is 2.92. The lowest BCUT2D eigenvalue weighted by Crippen LogP contribution is -2.28. The molecule has 7 nitrogen and oxygen atoms in total. The Bertz CT molecular complexity index is 1360. The van der Waals surface area contributed by atoms with Crippen LogP contribution in [0.25, 0.3) is 0 Å². The summed E-state index contributed by atoms with van der Waals surface area (Å²) in [5, 5.41) is 23.0. The van der Waals surface area contributed by atoms with Crippen LogP contribution in [-0.2, 0) is 24.2 Å². The summed E-state index contributed by atoms with van der Waals surface area (Å²) in [6, 6.07) is 8.50. The number of thiophene rings is 1. The van der Waals surface area contributed by atoms with Crippen molar-refractivity contribution in [2.75, 3.05) is 11.1 Å². The van der Waals surface area contributed by atoms with Gasteiger partial charge in [-0.05, 0) is 87.1 Å². The van der Waals surface area contributed by atoms with Gasteiger partial charge in [0.15, 0.2) is 17.1 Å². The minimum absolute atomic E-state index is 0.146. The fraction of sp³-hybridized carbons (Fsp3) is 0.533. The van der Waals surface area contributed by atoms with Crippen LogP contribution in [0.15, 0.2) is 23.4 Å². The van der Waals surface area contributed by atoms with E-state index in [9.17, 15) is 10.1 Å². The smallest absolute Gasteiger partial charge is 0.235 e.